The highest BCUT2D eigenvalue weighted by Crippen LogP contribution is 2.26. The quantitative estimate of drug-likeness (QED) is 0.873. The first-order valence-corrected chi connectivity index (χ1v) is 7.64. The largest absolute Gasteiger partial charge is 0.387 e. The molecular formula is C17H24N2O2. The van der Waals surface area contributed by atoms with E-state index in [2.05, 4.69) is 17.9 Å². The molecule has 1 saturated heterocycles. The molecule has 0 radical (unpaired) electrons. The van der Waals surface area contributed by atoms with E-state index in [1.54, 1.807) is 12.1 Å². The van der Waals surface area contributed by atoms with E-state index in [1.807, 2.05) is 19.1 Å². The zero-order chi connectivity index (χ0) is 15.2. The van der Waals surface area contributed by atoms with Crippen molar-refractivity contribution in [3.8, 4) is 6.07 Å². The lowest BCUT2D eigenvalue weighted by Gasteiger charge is -2.24. The monoisotopic (exact) mass is 288 g/mol. The minimum atomic E-state index is -0.549. The van der Waals surface area contributed by atoms with Crippen LogP contribution in [0.2, 0.25) is 0 Å². The van der Waals surface area contributed by atoms with E-state index in [0.29, 0.717) is 24.1 Å². The highest BCUT2D eigenvalue weighted by Gasteiger charge is 2.30. The Morgan fingerprint density at radius 2 is 2.33 bits per heavy atom. The van der Waals surface area contributed by atoms with Crippen LogP contribution < -0.4 is 0 Å². The fraction of sp³-hybridized carbons (Fsp3) is 0.588. The topological polar surface area (TPSA) is 56.5 Å². The number of benzene rings is 1. The van der Waals surface area contributed by atoms with Gasteiger partial charge in [-0.25, -0.2) is 0 Å². The highest BCUT2D eigenvalue weighted by atomic mass is 16.5. The third kappa shape index (κ3) is 4.28. The van der Waals surface area contributed by atoms with E-state index in [1.165, 1.54) is 0 Å². The Kier molecular flexibility index (Phi) is 5.75. The molecule has 1 aromatic rings. The standard InChI is InChI=1S/C17H24N2O2/c1-3-21-12-15-7-13(2)19(10-15)11-17(20)16-6-4-5-14(8-16)9-18/h4-6,8,13,15,17,20H,3,7,10-12H2,1-2H3. The molecule has 114 valence electrons. The second-order valence-electron chi connectivity index (χ2n) is 5.82. The Hall–Kier alpha value is -1.41. The molecule has 1 fully saturated rings. The van der Waals surface area contributed by atoms with Crippen molar-refractivity contribution in [2.45, 2.75) is 32.4 Å². The van der Waals surface area contributed by atoms with E-state index < -0.39 is 6.10 Å². The summed E-state index contributed by atoms with van der Waals surface area (Å²) in [6.07, 6.45) is 0.567. The van der Waals surface area contributed by atoms with Gasteiger partial charge in [-0.2, -0.15) is 5.26 Å². The van der Waals surface area contributed by atoms with E-state index in [-0.39, 0.29) is 0 Å². The van der Waals surface area contributed by atoms with Crippen molar-refractivity contribution in [3.63, 3.8) is 0 Å². The summed E-state index contributed by atoms with van der Waals surface area (Å²) < 4.78 is 5.51. The Morgan fingerprint density at radius 1 is 1.52 bits per heavy atom. The number of aliphatic hydroxyl groups is 1. The molecule has 2 rings (SSSR count). The first-order chi connectivity index (χ1) is 10.1. The Morgan fingerprint density at radius 3 is 3.05 bits per heavy atom. The Bertz CT molecular complexity index is 498. The number of hydrogen-bond acceptors (Lipinski definition) is 4. The van der Waals surface area contributed by atoms with Gasteiger partial charge < -0.3 is 9.84 Å². The molecule has 1 heterocycles. The van der Waals surface area contributed by atoms with Crippen molar-refractivity contribution < 1.29 is 9.84 Å². The van der Waals surface area contributed by atoms with Crippen LogP contribution in [0.1, 0.15) is 37.5 Å². The lowest BCUT2D eigenvalue weighted by molar-refractivity contribution is 0.0949. The van der Waals surface area contributed by atoms with Crippen LogP contribution in [0.3, 0.4) is 0 Å². The smallest absolute Gasteiger partial charge is 0.0991 e. The normalized spacial score (nSPS) is 23.9. The summed E-state index contributed by atoms with van der Waals surface area (Å²) in [5.74, 6) is 0.553. The molecular weight excluding hydrogens is 264 g/mol. The van der Waals surface area contributed by atoms with Crippen LogP contribution in [0.4, 0.5) is 0 Å². The second kappa shape index (κ2) is 7.56. The van der Waals surface area contributed by atoms with Crippen LogP contribution in [0, 0.1) is 17.2 Å². The zero-order valence-corrected chi connectivity index (χ0v) is 12.8. The van der Waals surface area contributed by atoms with Gasteiger partial charge in [-0.05, 0) is 43.9 Å². The van der Waals surface area contributed by atoms with E-state index in [9.17, 15) is 5.11 Å². The first kappa shape index (κ1) is 16.0. The molecule has 0 bridgehead atoms. The van der Waals surface area contributed by atoms with Gasteiger partial charge in [-0.3, -0.25) is 4.90 Å². The number of nitrogens with zero attached hydrogens (tertiary/aromatic N) is 2. The summed E-state index contributed by atoms with van der Waals surface area (Å²) in [6, 6.07) is 9.80. The molecule has 1 aliphatic heterocycles. The number of nitriles is 1. The molecule has 4 nitrogen and oxygen atoms in total. The summed E-state index contributed by atoms with van der Waals surface area (Å²) in [6.45, 7) is 7.35. The molecule has 0 spiro atoms. The van der Waals surface area contributed by atoms with Gasteiger partial charge in [0.1, 0.15) is 0 Å². The first-order valence-electron chi connectivity index (χ1n) is 7.64. The lowest BCUT2D eigenvalue weighted by Crippen LogP contribution is -2.32. The van der Waals surface area contributed by atoms with Crippen molar-refractivity contribution in [1.82, 2.24) is 4.90 Å². The molecule has 0 aromatic heterocycles. The van der Waals surface area contributed by atoms with Gasteiger partial charge in [0.2, 0.25) is 0 Å². The van der Waals surface area contributed by atoms with Gasteiger partial charge in [-0.15, -0.1) is 0 Å². The van der Waals surface area contributed by atoms with Crippen LogP contribution in [0.5, 0.6) is 0 Å². The van der Waals surface area contributed by atoms with Gasteiger partial charge in [0, 0.05) is 25.7 Å². The number of aliphatic hydroxyl groups excluding tert-OH is 1. The molecule has 1 N–H and O–H groups in total. The predicted molar refractivity (Wildman–Crippen MR) is 81.8 cm³/mol. The van der Waals surface area contributed by atoms with Crippen molar-refractivity contribution in [1.29, 1.82) is 5.26 Å². The summed E-state index contributed by atoms with van der Waals surface area (Å²) in [5.41, 5.74) is 1.41. The maximum absolute atomic E-state index is 10.4. The van der Waals surface area contributed by atoms with Crippen LogP contribution in [0.25, 0.3) is 0 Å². The number of ether oxygens (including phenoxy) is 1. The number of likely N-dealkylation sites (tertiary alicyclic amines) is 1. The second-order valence-corrected chi connectivity index (χ2v) is 5.82. The number of rotatable bonds is 6. The summed E-state index contributed by atoms with van der Waals surface area (Å²) in [4.78, 5) is 2.31. The molecule has 1 aliphatic rings. The molecule has 3 atom stereocenters. The fourth-order valence-electron chi connectivity index (χ4n) is 3.02. The summed E-state index contributed by atoms with van der Waals surface area (Å²) in [7, 11) is 0. The lowest BCUT2D eigenvalue weighted by atomic mass is 10.1. The maximum Gasteiger partial charge on any atom is 0.0991 e. The van der Waals surface area contributed by atoms with Crippen LogP contribution >= 0.6 is 0 Å². The van der Waals surface area contributed by atoms with E-state index in [0.717, 1.165) is 31.7 Å². The molecule has 1 aromatic carbocycles. The van der Waals surface area contributed by atoms with Crippen LogP contribution in [0.15, 0.2) is 24.3 Å². The molecule has 4 heteroatoms. The van der Waals surface area contributed by atoms with Gasteiger partial charge in [0.25, 0.3) is 0 Å². The summed E-state index contributed by atoms with van der Waals surface area (Å²) in [5, 5.41) is 19.3. The van der Waals surface area contributed by atoms with E-state index >= 15 is 0 Å². The maximum atomic E-state index is 10.4. The number of β-amino-alcohol motifs (C(OH)–C–C–N with tert-alkyl or cyclic N) is 1. The fourth-order valence-corrected chi connectivity index (χ4v) is 3.02. The van der Waals surface area contributed by atoms with Crippen molar-refractivity contribution in [2.75, 3.05) is 26.3 Å². The molecule has 0 saturated carbocycles. The molecule has 0 amide bonds. The van der Waals surface area contributed by atoms with Gasteiger partial charge >= 0.3 is 0 Å². The summed E-state index contributed by atoms with van der Waals surface area (Å²) >= 11 is 0. The SMILES string of the molecule is CCOCC1CC(C)N(CC(O)c2cccc(C#N)c2)C1. The van der Waals surface area contributed by atoms with Crippen molar-refractivity contribution in [3.05, 3.63) is 35.4 Å². The Labute approximate surface area is 127 Å². The molecule has 21 heavy (non-hydrogen) atoms. The van der Waals surface area contributed by atoms with Gasteiger partial charge in [0.05, 0.1) is 24.3 Å². The average molecular weight is 288 g/mol. The van der Waals surface area contributed by atoms with Crippen LogP contribution in [-0.4, -0.2) is 42.4 Å². The molecule has 3 unspecified atom stereocenters. The third-order valence-electron chi connectivity index (χ3n) is 4.16. The van der Waals surface area contributed by atoms with Gasteiger partial charge in [-0.1, -0.05) is 12.1 Å². The highest BCUT2D eigenvalue weighted by molar-refractivity contribution is 5.33. The van der Waals surface area contributed by atoms with Crippen molar-refractivity contribution in [2.24, 2.45) is 5.92 Å². The van der Waals surface area contributed by atoms with Crippen LogP contribution in [-0.2, 0) is 4.74 Å². The van der Waals surface area contributed by atoms with Gasteiger partial charge in [0.15, 0.2) is 0 Å². The number of hydrogen-bond donors (Lipinski definition) is 1. The van der Waals surface area contributed by atoms with E-state index in [4.69, 9.17) is 10.00 Å². The zero-order valence-electron chi connectivity index (χ0n) is 12.8. The molecule has 0 aliphatic carbocycles. The minimum Gasteiger partial charge on any atom is -0.387 e. The predicted octanol–water partition coefficient (Wildman–Crippen LogP) is 2.34. The Balaban J connectivity index is 1.93. The minimum absolute atomic E-state index is 0.462. The van der Waals surface area contributed by atoms with Crippen molar-refractivity contribution >= 4 is 0 Å². The third-order valence-corrected chi connectivity index (χ3v) is 4.16. The average Bonchev–Trinajstić information content (AvgIpc) is 2.85.